The lowest BCUT2D eigenvalue weighted by Crippen LogP contribution is -1.94. The van der Waals surface area contributed by atoms with Gasteiger partial charge in [-0.2, -0.15) is 0 Å². The Hall–Kier alpha value is -1.19. The number of hydrogen-bond acceptors (Lipinski definition) is 3. The SMILES string of the molecule is Clc1ccc(Cl)c(OCc2cnoc2)c1. The van der Waals surface area contributed by atoms with Crippen LogP contribution in [0.5, 0.6) is 5.75 Å². The van der Waals surface area contributed by atoms with Gasteiger partial charge in [-0.3, -0.25) is 0 Å². The number of nitrogens with zero attached hydrogens (tertiary/aromatic N) is 1. The number of rotatable bonds is 3. The van der Waals surface area contributed by atoms with Gasteiger partial charge in [0, 0.05) is 16.7 Å². The lowest BCUT2D eigenvalue weighted by atomic mass is 10.3. The fourth-order valence-electron chi connectivity index (χ4n) is 1.05. The zero-order valence-electron chi connectivity index (χ0n) is 7.61. The van der Waals surface area contributed by atoms with Gasteiger partial charge in [0.15, 0.2) is 0 Å². The zero-order chi connectivity index (χ0) is 10.7. The van der Waals surface area contributed by atoms with Crippen molar-refractivity contribution in [3.63, 3.8) is 0 Å². The molecule has 0 saturated carbocycles. The van der Waals surface area contributed by atoms with Crippen molar-refractivity contribution in [2.75, 3.05) is 0 Å². The van der Waals surface area contributed by atoms with Gasteiger partial charge in [-0.05, 0) is 12.1 Å². The van der Waals surface area contributed by atoms with E-state index in [4.69, 9.17) is 27.9 Å². The minimum Gasteiger partial charge on any atom is -0.487 e. The van der Waals surface area contributed by atoms with E-state index in [9.17, 15) is 0 Å². The average Bonchev–Trinajstić information content (AvgIpc) is 2.72. The molecular formula is C10H7Cl2NO2. The first-order valence-corrected chi connectivity index (χ1v) is 4.97. The maximum Gasteiger partial charge on any atom is 0.139 e. The third-order valence-corrected chi connectivity index (χ3v) is 2.32. The molecule has 0 atom stereocenters. The van der Waals surface area contributed by atoms with Crippen molar-refractivity contribution in [3.8, 4) is 5.75 Å². The van der Waals surface area contributed by atoms with Gasteiger partial charge in [0.2, 0.25) is 0 Å². The molecule has 0 fully saturated rings. The van der Waals surface area contributed by atoms with Crippen molar-refractivity contribution >= 4 is 23.2 Å². The number of hydrogen-bond donors (Lipinski definition) is 0. The molecule has 0 aliphatic carbocycles. The van der Waals surface area contributed by atoms with E-state index in [0.29, 0.717) is 22.4 Å². The number of benzene rings is 1. The molecule has 78 valence electrons. The molecule has 2 aromatic rings. The minimum absolute atomic E-state index is 0.351. The van der Waals surface area contributed by atoms with Crippen LogP contribution in [0.1, 0.15) is 5.56 Å². The van der Waals surface area contributed by atoms with Gasteiger partial charge in [-0.1, -0.05) is 28.4 Å². The summed E-state index contributed by atoms with van der Waals surface area (Å²) in [6, 6.07) is 5.06. The summed E-state index contributed by atoms with van der Waals surface area (Å²) in [6.07, 6.45) is 3.09. The predicted octanol–water partition coefficient (Wildman–Crippen LogP) is 3.56. The van der Waals surface area contributed by atoms with Crippen LogP contribution in [0.4, 0.5) is 0 Å². The van der Waals surface area contributed by atoms with E-state index in [1.807, 2.05) is 0 Å². The summed E-state index contributed by atoms with van der Waals surface area (Å²) in [4.78, 5) is 0. The van der Waals surface area contributed by atoms with Crippen LogP contribution in [0.3, 0.4) is 0 Å². The molecule has 0 N–H and O–H groups in total. The van der Waals surface area contributed by atoms with Gasteiger partial charge in [0.25, 0.3) is 0 Å². The van der Waals surface area contributed by atoms with Crippen LogP contribution in [-0.4, -0.2) is 5.16 Å². The summed E-state index contributed by atoms with van der Waals surface area (Å²) in [5, 5.41) is 4.67. The fourth-order valence-corrected chi connectivity index (χ4v) is 1.38. The highest BCUT2D eigenvalue weighted by Crippen LogP contribution is 2.28. The summed E-state index contributed by atoms with van der Waals surface area (Å²) < 4.78 is 10.1. The Labute approximate surface area is 96.5 Å². The van der Waals surface area contributed by atoms with Crippen molar-refractivity contribution in [3.05, 3.63) is 46.3 Å². The second kappa shape index (κ2) is 4.55. The van der Waals surface area contributed by atoms with E-state index in [1.165, 1.54) is 6.26 Å². The van der Waals surface area contributed by atoms with Crippen LogP contribution >= 0.6 is 23.2 Å². The molecule has 0 unspecified atom stereocenters. The molecule has 0 bridgehead atoms. The zero-order valence-corrected chi connectivity index (χ0v) is 9.13. The third kappa shape index (κ3) is 2.64. The molecule has 15 heavy (non-hydrogen) atoms. The van der Waals surface area contributed by atoms with E-state index in [-0.39, 0.29) is 0 Å². The summed E-state index contributed by atoms with van der Waals surface area (Å²) in [6.45, 7) is 0.351. The second-order valence-electron chi connectivity index (χ2n) is 2.90. The Morgan fingerprint density at radius 1 is 1.33 bits per heavy atom. The van der Waals surface area contributed by atoms with Crippen LogP contribution in [0.2, 0.25) is 10.0 Å². The summed E-state index contributed by atoms with van der Waals surface area (Å²) >= 11 is 11.7. The summed E-state index contributed by atoms with van der Waals surface area (Å²) in [5.74, 6) is 0.547. The van der Waals surface area contributed by atoms with E-state index in [0.717, 1.165) is 5.56 Å². The lowest BCUT2D eigenvalue weighted by Gasteiger charge is -2.06. The Bertz CT molecular complexity index is 443. The van der Waals surface area contributed by atoms with Crippen molar-refractivity contribution in [1.82, 2.24) is 5.16 Å². The van der Waals surface area contributed by atoms with Crippen LogP contribution in [0.15, 0.2) is 35.2 Å². The number of halogens is 2. The summed E-state index contributed by atoms with van der Waals surface area (Å²) in [5.41, 5.74) is 0.839. The van der Waals surface area contributed by atoms with Crippen LogP contribution in [0, 0.1) is 0 Å². The Kier molecular flexibility index (Phi) is 3.14. The molecule has 0 aliphatic rings. The molecule has 1 aromatic carbocycles. The monoisotopic (exact) mass is 243 g/mol. The highest BCUT2D eigenvalue weighted by molar-refractivity contribution is 6.34. The van der Waals surface area contributed by atoms with Gasteiger partial charge in [-0.15, -0.1) is 0 Å². The highest BCUT2D eigenvalue weighted by Gasteiger charge is 2.03. The van der Waals surface area contributed by atoms with Crippen molar-refractivity contribution in [1.29, 1.82) is 0 Å². The van der Waals surface area contributed by atoms with Gasteiger partial charge in [-0.25, -0.2) is 0 Å². The molecule has 1 heterocycles. The Morgan fingerprint density at radius 3 is 2.93 bits per heavy atom. The molecule has 0 amide bonds. The van der Waals surface area contributed by atoms with Gasteiger partial charge in [0.05, 0.1) is 11.2 Å². The molecule has 0 spiro atoms. The normalized spacial score (nSPS) is 10.3. The maximum atomic E-state index is 5.91. The van der Waals surface area contributed by atoms with Gasteiger partial charge >= 0.3 is 0 Å². The van der Waals surface area contributed by atoms with E-state index in [1.54, 1.807) is 24.4 Å². The average molecular weight is 244 g/mol. The van der Waals surface area contributed by atoms with Crippen molar-refractivity contribution in [2.24, 2.45) is 0 Å². The quantitative estimate of drug-likeness (QED) is 0.827. The first-order chi connectivity index (χ1) is 7.25. The molecule has 2 rings (SSSR count). The molecule has 1 aromatic heterocycles. The van der Waals surface area contributed by atoms with Crippen LogP contribution < -0.4 is 4.74 Å². The van der Waals surface area contributed by atoms with Gasteiger partial charge < -0.3 is 9.26 Å². The fraction of sp³-hybridized carbons (Fsp3) is 0.100. The second-order valence-corrected chi connectivity index (χ2v) is 3.74. The largest absolute Gasteiger partial charge is 0.487 e. The molecular weight excluding hydrogens is 237 g/mol. The van der Waals surface area contributed by atoms with E-state index >= 15 is 0 Å². The number of aromatic nitrogens is 1. The molecule has 0 saturated heterocycles. The first-order valence-electron chi connectivity index (χ1n) is 4.22. The molecule has 0 radical (unpaired) electrons. The van der Waals surface area contributed by atoms with Gasteiger partial charge in [0.1, 0.15) is 18.6 Å². The maximum absolute atomic E-state index is 5.91. The summed E-state index contributed by atoms with van der Waals surface area (Å²) in [7, 11) is 0. The van der Waals surface area contributed by atoms with Crippen LogP contribution in [-0.2, 0) is 6.61 Å². The van der Waals surface area contributed by atoms with Crippen LogP contribution in [0.25, 0.3) is 0 Å². The molecule has 5 heteroatoms. The standard InChI is InChI=1S/C10H7Cl2NO2/c11-8-1-2-9(12)10(3-8)14-5-7-4-13-15-6-7/h1-4,6H,5H2. The lowest BCUT2D eigenvalue weighted by molar-refractivity contribution is 0.304. The third-order valence-electron chi connectivity index (χ3n) is 1.77. The van der Waals surface area contributed by atoms with E-state index < -0.39 is 0 Å². The first kappa shape index (κ1) is 10.3. The predicted molar refractivity (Wildman–Crippen MR) is 57.3 cm³/mol. The van der Waals surface area contributed by atoms with Crippen molar-refractivity contribution < 1.29 is 9.26 Å². The molecule has 0 aliphatic heterocycles. The van der Waals surface area contributed by atoms with E-state index in [2.05, 4.69) is 9.68 Å². The Morgan fingerprint density at radius 2 is 2.20 bits per heavy atom. The number of ether oxygens (including phenoxy) is 1. The minimum atomic E-state index is 0.351. The topological polar surface area (TPSA) is 35.3 Å². The smallest absolute Gasteiger partial charge is 0.139 e. The highest BCUT2D eigenvalue weighted by atomic mass is 35.5. The Balaban J connectivity index is 2.07. The van der Waals surface area contributed by atoms with Crippen molar-refractivity contribution in [2.45, 2.75) is 6.61 Å². The molecule has 3 nitrogen and oxygen atoms in total.